The molecule has 0 amide bonds. The average molecular weight is 404 g/mol. The van der Waals surface area contributed by atoms with E-state index >= 15 is 0 Å². The van der Waals surface area contributed by atoms with Gasteiger partial charge in [-0.2, -0.15) is 5.26 Å². The number of benzene rings is 1. The number of aromatic nitrogens is 2. The van der Waals surface area contributed by atoms with E-state index < -0.39 is 6.16 Å². The molecule has 1 aromatic carbocycles. The van der Waals surface area contributed by atoms with E-state index in [9.17, 15) is 4.79 Å². The predicted octanol–water partition coefficient (Wildman–Crippen LogP) is 4.91. The lowest BCUT2D eigenvalue weighted by Crippen LogP contribution is -2.11. The highest BCUT2D eigenvalue weighted by molar-refractivity contribution is 8.76. The Morgan fingerprint density at radius 1 is 1.31 bits per heavy atom. The normalized spacial score (nSPS) is 10.4. The van der Waals surface area contributed by atoms with Crippen molar-refractivity contribution in [3.8, 4) is 11.8 Å². The summed E-state index contributed by atoms with van der Waals surface area (Å²) in [5, 5.41) is 10.2. The Kier molecular flexibility index (Phi) is 6.71. The predicted molar refractivity (Wildman–Crippen MR) is 103 cm³/mol. The maximum absolute atomic E-state index is 11.7. The number of fused-ring (bicyclic) bond motifs is 1. The van der Waals surface area contributed by atoms with E-state index in [4.69, 9.17) is 14.7 Å². The van der Waals surface area contributed by atoms with Crippen LogP contribution in [-0.4, -0.2) is 28.5 Å². The van der Waals surface area contributed by atoms with Gasteiger partial charge in [-0.3, -0.25) is 0 Å². The van der Waals surface area contributed by atoms with Gasteiger partial charge in [0, 0.05) is 18.0 Å². The molecule has 6 nitrogen and oxygen atoms in total. The van der Waals surface area contributed by atoms with Crippen LogP contribution in [-0.2, 0) is 4.74 Å². The van der Waals surface area contributed by atoms with Crippen molar-refractivity contribution in [1.29, 1.82) is 5.26 Å². The molecule has 0 fully saturated rings. The standard InChI is InChI=1S/C17H13N3O3S3/c18-11-16-20-13-6-5-12(10-14(13)25-16)23-17(21)22-8-3-9-24-26-15-4-1-2-7-19-15/h1-2,4-7,10H,3,8-9H2. The van der Waals surface area contributed by atoms with Gasteiger partial charge in [-0.15, -0.1) is 11.3 Å². The largest absolute Gasteiger partial charge is 0.513 e. The Morgan fingerprint density at radius 2 is 2.23 bits per heavy atom. The van der Waals surface area contributed by atoms with Crippen LogP contribution >= 0.6 is 32.9 Å². The van der Waals surface area contributed by atoms with Crippen LogP contribution in [0.25, 0.3) is 10.2 Å². The summed E-state index contributed by atoms with van der Waals surface area (Å²) in [4.78, 5) is 20.1. The Bertz CT molecular complexity index is 925. The molecule has 9 heteroatoms. The summed E-state index contributed by atoms with van der Waals surface area (Å²) in [5.41, 5.74) is 0.703. The topological polar surface area (TPSA) is 85.1 Å². The SMILES string of the molecule is N#Cc1nc2ccc(OC(=O)OCCCSSc3ccccn3)cc2s1. The second-order valence-electron chi connectivity index (χ2n) is 4.89. The van der Waals surface area contributed by atoms with Crippen LogP contribution in [0, 0.1) is 11.3 Å². The first kappa shape index (κ1) is 18.5. The van der Waals surface area contributed by atoms with Crippen molar-refractivity contribution in [3.05, 3.63) is 47.6 Å². The first-order valence-electron chi connectivity index (χ1n) is 7.60. The second kappa shape index (κ2) is 9.43. The van der Waals surface area contributed by atoms with E-state index in [2.05, 4.69) is 9.97 Å². The zero-order chi connectivity index (χ0) is 18.2. The van der Waals surface area contributed by atoms with Crippen LogP contribution in [0.1, 0.15) is 11.4 Å². The van der Waals surface area contributed by atoms with Gasteiger partial charge in [-0.25, -0.2) is 14.8 Å². The molecule has 0 N–H and O–H groups in total. The van der Waals surface area contributed by atoms with Crippen LogP contribution in [0.3, 0.4) is 0 Å². The van der Waals surface area contributed by atoms with E-state index in [-0.39, 0.29) is 6.61 Å². The highest BCUT2D eigenvalue weighted by Gasteiger charge is 2.09. The van der Waals surface area contributed by atoms with Crippen LogP contribution < -0.4 is 4.74 Å². The molecule has 0 atom stereocenters. The van der Waals surface area contributed by atoms with Crippen LogP contribution in [0.15, 0.2) is 47.6 Å². The summed E-state index contributed by atoms with van der Waals surface area (Å²) < 4.78 is 11.0. The highest BCUT2D eigenvalue weighted by atomic mass is 33.1. The molecule has 0 unspecified atom stereocenters. The number of carbonyl (C=O) groups is 1. The molecule has 2 aromatic heterocycles. The summed E-state index contributed by atoms with van der Waals surface area (Å²) in [6.45, 7) is 0.288. The molecule has 0 radical (unpaired) electrons. The number of rotatable bonds is 7. The zero-order valence-corrected chi connectivity index (χ0v) is 15.9. The Labute approximate surface area is 162 Å². The summed E-state index contributed by atoms with van der Waals surface area (Å²) in [6, 6.07) is 12.8. The average Bonchev–Trinajstić information content (AvgIpc) is 3.08. The third-order valence-electron chi connectivity index (χ3n) is 3.03. The van der Waals surface area contributed by atoms with Crippen molar-refractivity contribution in [1.82, 2.24) is 9.97 Å². The Morgan fingerprint density at radius 3 is 3.04 bits per heavy atom. The van der Waals surface area contributed by atoms with Gasteiger partial charge < -0.3 is 9.47 Å². The summed E-state index contributed by atoms with van der Waals surface area (Å²) >= 11 is 1.25. The fraction of sp³-hybridized carbons (Fsp3) is 0.176. The van der Waals surface area contributed by atoms with Crippen molar-refractivity contribution >= 4 is 49.3 Å². The first-order valence-corrected chi connectivity index (χ1v) is 10.7. The third-order valence-corrected chi connectivity index (χ3v) is 6.30. The maximum atomic E-state index is 11.7. The van der Waals surface area contributed by atoms with Crippen molar-refractivity contribution in [2.45, 2.75) is 11.4 Å². The Hall–Kier alpha value is -2.28. The molecule has 0 bridgehead atoms. The van der Waals surface area contributed by atoms with Gasteiger partial charge in [-0.1, -0.05) is 16.9 Å². The lowest BCUT2D eigenvalue weighted by molar-refractivity contribution is 0.0995. The monoisotopic (exact) mass is 403 g/mol. The first-order chi connectivity index (χ1) is 12.7. The zero-order valence-electron chi connectivity index (χ0n) is 13.5. The van der Waals surface area contributed by atoms with Crippen LogP contribution in [0.2, 0.25) is 0 Å². The van der Waals surface area contributed by atoms with Gasteiger partial charge in [0.15, 0.2) is 5.01 Å². The van der Waals surface area contributed by atoms with Gasteiger partial charge >= 0.3 is 6.16 Å². The molecule has 2 heterocycles. The smallest absolute Gasteiger partial charge is 0.434 e. The van der Waals surface area contributed by atoms with Gasteiger partial charge in [0.2, 0.25) is 0 Å². The van der Waals surface area contributed by atoms with Gasteiger partial charge in [0.25, 0.3) is 0 Å². The molecule has 0 aliphatic carbocycles. The molecule has 0 saturated heterocycles. The van der Waals surface area contributed by atoms with Gasteiger partial charge in [0.05, 0.1) is 16.8 Å². The van der Waals surface area contributed by atoms with Crippen LogP contribution in [0.5, 0.6) is 5.75 Å². The molecular formula is C17H13N3O3S3. The van der Waals surface area contributed by atoms with E-state index in [1.54, 1.807) is 46.0 Å². The van der Waals surface area contributed by atoms with E-state index in [0.717, 1.165) is 21.9 Å². The van der Waals surface area contributed by atoms with Crippen molar-refractivity contribution < 1.29 is 14.3 Å². The molecule has 0 aliphatic heterocycles. The van der Waals surface area contributed by atoms with E-state index in [1.165, 1.54) is 11.3 Å². The van der Waals surface area contributed by atoms with Crippen LogP contribution in [0.4, 0.5) is 4.79 Å². The molecule has 3 rings (SSSR count). The molecule has 3 aromatic rings. The van der Waals surface area contributed by atoms with Gasteiger partial charge in [-0.05, 0) is 41.5 Å². The molecule has 26 heavy (non-hydrogen) atoms. The molecule has 0 saturated carbocycles. The quantitative estimate of drug-likeness (QED) is 0.238. The van der Waals surface area contributed by atoms with Crippen molar-refractivity contribution in [2.75, 3.05) is 12.4 Å². The molecule has 0 aliphatic rings. The number of pyridine rings is 1. The van der Waals surface area contributed by atoms with Gasteiger partial charge in [0.1, 0.15) is 16.8 Å². The lowest BCUT2D eigenvalue weighted by Gasteiger charge is -2.05. The molecule has 132 valence electrons. The number of carbonyl (C=O) groups excluding carboxylic acids is 1. The minimum Gasteiger partial charge on any atom is -0.434 e. The summed E-state index contributed by atoms with van der Waals surface area (Å²) in [6.07, 6.45) is 1.74. The summed E-state index contributed by atoms with van der Waals surface area (Å²) in [5.74, 6) is 1.20. The number of hydrogen-bond donors (Lipinski definition) is 0. The maximum Gasteiger partial charge on any atom is 0.513 e. The summed E-state index contributed by atoms with van der Waals surface area (Å²) in [7, 11) is 3.25. The van der Waals surface area contributed by atoms with E-state index in [1.807, 2.05) is 24.3 Å². The number of nitriles is 1. The number of nitrogens with zero attached hydrogens (tertiary/aromatic N) is 3. The second-order valence-corrected chi connectivity index (χ2v) is 8.35. The Balaban J connectivity index is 1.37. The lowest BCUT2D eigenvalue weighted by atomic mass is 10.3. The third kappa shape index (κ3) is 5.36. The molecule has 0 spiro atoms. The highest BCUT2D eigenvalue weighted by Crippen LogP contribution is 2.29. The minimum atomic E-state index is -0.739. The van der Waals surface area contributed by atoms with Crippen molar-refractivity contribution in [2.24, 2.45) is 0 Å². The molecular weight excluding hydrogens is 390 g/mol. The fourth-order valence-corrected chi connectivity index (χ4v) is 4.64. The van der Waals surface area contributed by atoms with Crippen molar-refractivity contribution in [3.63, 3.8) is 0 Å². The minimum absolute atomic E-state index is 0.288. The number of ether oxygens (including phenoxy) is 2. The number of hydrogen-bond acceptors (Lipinski definition) is 9. The van der Waals surface area contributed by atoms with E-state index in [0.29, 0.717) is 16.3 Å². The fourth-order valence-electron chi connectivity index (χ4n) is 1.91. The number of thiazole rings is 1.